The van der Waals surface area contributed by atoms with Gasteiger partial charge in [0.1, 0.15) is 0 Å². The zero-order chi connectivity index (χ0) is 15.6. The Morgan fingerprint density at radius 1 is 0.870 bits per heavy atom. The lowest BCUT2D eigenvalue weighted by atomic mass is 9.99. The van der Waals surface area contributed by atoms with Gasteiger partial charge in [0.2, 0.25) is 0 Å². The van der Waals surface area contributed by atoms with Gasteiger partial charge in [0, 0.05) is 10.6 Å². The van der Waals surface area contributed by atoms with Crippen molar-refractivity contribution in [2.75, 3.05) is 11.6 Å². The molecule has 0 fully saturated rings. The van der Waals surface area contributed by atoms with Crippen LogP contribution in [0.4, 0.5) is 5.69 Å². The molecule has 0 bridgehead atoms. The van der Waals surface area contributed by atoms with E-state index >= 15 is 0 Å². The van der Waals surface area contributed by atoms with Gasteiger partial charge in [0.05, 0.1) is 6.04 Å². The van der Waals surface area contributed by atoms with Crippen LogP contribution in [0.2, 0.25) is 0 Å². The number of rotatable bonds is 3. The molecule has 0 radical (unpaired) electrons. The summed E-state index contributed by atoms with van der Waals surface area (Å²) in [6.45, 7) is 0. The molecule has 3 aromatic rings. The summed E-state index contributed by atoms with van der Waals surface area (Å²) in [6, 6.07) is 26.6. The quantitative estimate of drug-likeness (QED) is 0.614. The Morgan fingerprint density at radius 3 is 2.39 bits per heavy atom. The molecule has 1 heterocycles. The molecular weight excluding hydrogens is 298 g/mol. The Hall–Kier alpha value is -2.19. The van der Waals surface area contributed by atoms with Crippen LogP contribution in [-0.4, -0.2) is 6.26 Å². The second-order valence-corrected chi connectivity index (χ2v) is 6.79. The fraction of sp³-hybridized carbons (Fsp3) is 0.143. The van der Waals surface area contributed by atoms with E-state index in [0.29, 0.717) is 6.04 Å². The van der Waals surface area contributed by atoms with Crippen molar-refractivity contribution >= 4 is 17.4 Å². The number of nitrogens with one attached hydrogen (secondary N) is 1. The van der Waals surface area contributed by atoms with Crippen molar-refractivity contribution in [3.8, 4) is 11.1 Å². The van der Waals surface area contributed by atoms with Crippen molar-refractivity contribution in [1.82, 2.24) is 0 Å². The Kier molecular flexibility index (Phi) is 3.84. The molecule has 114 valence electrons. The highest BCUT2D eigenvalue weighted by Gasteiger charge is 2.22. The summed E-state index contributed by atoms with van der Waals surface area (Å²) in [4.78, 5) is 1.32. The molecule has 2 heteroatoms. The standard InChI is InChI=1S/C21H19NS/c1-23-19-10-7-16(8-11-19)21-14-18-13-17(9-12-20(18)22-21)15-5-3-2-4-6-15/h2-13,21-22H,14H2,1H3. The SMILES string of the molecule is CSc1ccc(C2Cc3cc(-c4ccccc4)ccc3N2)cc1. The van der Waals surface area contributed by atoms with Crippen LogP contribution in [0.3, 0.4) is 0 Å². The second-order valence-electron chi connectivity index (χ2n) is 5.91. The first-order valence-corrected chi connectivity index (χ1v) is 9.15. The van der Waals surface area contributed by atoms with Gasteiger partial charge in [-0.15, -0.1) is 11.8 Å². The summed E-state index contributed by atoms with van der Waals surface area (Å²) in [5.41, 5.74) is 6.61. The van der Waals surface area contributed by atoms with Crippen LogP contribution in [0.5, 0.6) is 0 Å². The van der Waals surface area contributed by atoms with E-state index in [0.717, 1.165) is 6.42 Å². The van der Waals surface area contributed by atoms with Crippen molar-refractivity contribution < 1.29 is 0 Å². The van der Waals surface area contributed by atoms with Crippen LogP contribution >= 0.6 is 11.8 Å². The normalized spacial score (nSPS) is 16.0. The van der Waals surface area contributed by atoms with E-state index in [1.54, 1.807) is 11.8 Å². The molecule has 23 heavy (non-hydrogen) atoms. The molecule has 4 rings (SSSR count). The van der Waals surface area contributed by atoms with E-state index in [2.05, 4.69) is 84.4 Å². The zero-order valence-corrected chi connectivity index (χ0v) is 13.9. The molecule has 0 aromatic heterocycles. The predicted octanol–water partition coefficient (Wildman–Crippen LogP) is 5.78. The third-order valence-electron chi connectivity index (χ3n) is 4.48. The number of benzene rings is 3. The summed E-state index contributed by atoms with van der Waals surface area (Å²) in [5.74, 6) is 0. The van der Waals surface area contributed by atoms with Crippen LogP contribution in [0.15, 0.2) is 77.7 Å². The summed E-state index contributed by atoms with van der Waals surface area (Å²) in [6.07, 6.45) is 3.17. The van der Waals surface area contributed by atoms with E-state index in [4.69, 9.17) is 0 Å². The maximum Gasteiger partial charge on any atom is 0.0555 e. The number of hydrogen-bond donors (Lipinski definition) is 1. The third kappa shape index (κ3) is 2.87. The van der Waals surface area contributed by atoms with Crippen molar-refractivity contribution in [1.29, 1.82) is 0 Å². The molecule has 0 amide bonds. The van der Waals surface area contributed by atoms with Gasteiger partial charge in [0.25, 0.3) is 0 Å². The van der Waals surface area contributed by atoms with E-state index in [9.17, 15) is 0 Å². The van der Waals surface area contributed by atoms with Crippen molar-refractivity contribution in [3.63, 3.8) is 0 Å². The van der Waals surface area contributed by atoms with Crippen LogP contribution in [0.25, 0.3) is 11.1 Å². The molecule has 0 saturated carbocycles. The zero-order valence-electron chi connectivity index (χ0n) is 13.1. The van der Waals surface area contributed by atoms with Gasteiger partial charge < -0.3 is 5.32 Å². The molecular formula is C21H19NS. The molecule has 3 aromatic carbocycles. The molecule has 0 saturated heterocycles. The highest BCUT2D eigenvalue weighted by molar-refractivity contribution is 7.98. The lowest BCUT2D eigenvalue weighted by Crippen LogP contribution is -2.05. The number of hydrogen-bond acceptors (Lipinski definition) is 2. The summed E-state index contributed by atoms with van der Waals surface area (Å²) in [5, 5.41) is 3.66. The second kappa shape index (κ2) is 6.13. The van der Waals surface area contributed by atoms with Crippen LogP contribution < -0.4 is 5.32 Å². The third-order valence-corrected chi connectivity index (χ3v) is 5.23. The monoisotopic (exact) mass is 317 g/mol. The van der Waals surface area contributed by atoms with Crippen molar-refractivity contribution in [2.45, 2.75) is 17.4 Å². The van der Waals surface area contributed by atoms with Gasteiger partial charge in [-0.3, -0.25) is 0 Å². The fourth-order valence-corrected chi connectivity index (χ4v) is 3.62. The van der Waals surface area contributed by atoms with Gasteiger partial charge in [-0.1, -0.05) is 48.5 Å². The van der Waals surface area contributed by atoms with E-state index < -0.39 is 0 Å². The Balaban J connectivity index is 1.59. The number of thioether (sulfide) groups is 1. The van der Waals surface area contributed by atoms with Gasteiger partial charge in [-0.05, 0) is 59.2 Å². The summed E-state index contributed by atoms with van der Waals surface area (Å²) in [7, 11) is 0. The van der Waals surface area contributed by atoms with Gasteiger partial charge >= 0.3 is 0 Å². The Morgan fingerprint density at radius 2 is 1.65 bits per heavy atom. The van der Waals surface area contributed by atoms with Gasteiger partial charge in [0.15, 0.2) is 0 Å². The number of fused-ring (bicyclic) bond motifs is 1. The topological polar surface area (TPSA) is 12.0 Å². The molecule has 1 aliphatic heterocycles. The Bertz CT molecular complexity index is 809. The molecule has 0 aliphatic carbocycles. The van der Waals surface area contributed by atoms with E-state index in [1.165, 1.54) is 32.8 Å². The van der Waals surface area contributed by atoms with Crippen LogP contribution in [0.1, 0.15) is 17.2 Å². The molecule has 1 unspecified atom stereocenters. The maximum atomic E-state index is 3.66. The van der Waals surface area contributed by atoms with Gasteiger partial charge in [-0.25, -0.2) is 0 Å². The summed E-state index contributed by atoms with van der Waals surface area (Å²) >= 11 is 1.79. The predicted molar refractivity (Wildman–Crippen MR) is 100 cm³/mol. The molecule has 1 nitrogen and oxygen atoms in total. The first kappa shape index (κ1) is 14.4. The summed E-state index contributed by atoms with van der Waals surface area (Å²) < 4.78 is 0. The maximum absolute atomic E-state index is 3.66. The smallest absolute Gasteiger partial charge is 0.0555 e. The molecule has 1 N–H and O–H groups in total. The average Bonchev–Trinajstić information content (AvgIpc) is 3.06. The molecule has 0 spiro atoms. The molecule has 1 atom stereocenters. The van der Waals surface area contributed by atoms with Crippen LogP contribution in [0, 0.1) is 0 Å². The van der Waals surface area contributed by atoms with E-state index in [1.807, 2.05) is 0 Å². The van der Waals surface area contributed by atoms with Crippen LogP contribution in [-0.2, 0) is 6.42 Å². The fourth-order valence-electron chi connectivity index (χ4n) is 3.21. The minimum absolute atomic E-state index is 0.381. The lowest BCUT2D eigenvalue weighted by Gasteiger charge is -2.12. The van der Waals surface area contributed by atoms with Gasteiger partial charge in [-0.2, -0.15) is 0 Å². The largest absolute Gasteiger partial charge is 0.378 e. The highest BCUT2D eigenvalue weighted by Crippen LogP contribution is 2.37. The Labute approximate surface area is 141 Å². The first-order chi connectivity index (χ1) is 11.3. The number of anilines is 1. The lowest BCUT2D eigenvalue weighted by molar-refractivity contribution is 0.823. The average molecular weight is 317 g/mol. The minimum atomic E-state index is 0.381. The molecule has 1 aliphatic rings. The van der Waals surface area contributed by atoms with Crippen molar-refractivity contribution in [2.24, 2.45) is 0 Å². The van der Waals surface area contributed by atoms with E-state index in [-0.39, 0.29) is 0 Å². The minimum Gasteiger partial charge on any atom is -0.378 e. The highest BCUT2D eigenvalue weighted by atomic mass is 32.2. The van der Waals surface area contributed by atoms with Crippen molar-refractivity contribution in [3.05, 3.63) is 83.9 Å². The first-order valence-electron chi connectivity index (χ1n) is 7.92.